The number of nitrogens with zero attached hydrogens (tertiary/aromatic N) is 4. The SMILES string of the molecule is COc1cccc(-c2cc(CNCCN3CCN(c4ccccn4)CC3)on2)c1OC. The van der Waals surface area contributed by atoms with Gasteiger partial charge in [-0.05, 0) is 24.3 Å². The highest BCUT2D eigenvalue weighted by molar-refractivity contribution is 5.71. The molecule has 0 unspecified atom stereocenters. The molecule has 1 aliphatic rings. The Balaban J connectivity index is 1.23. The van der Waals surface area contributed by atoms with E-state index in [0.717, 1.165) is 62.1 Å². The van der Waals surface area contributed by atoms with E-state index in [9.17, 15) is 0 Å². The summed E-state index contributed by atoms with van der Waals surface area (Å²) in [6.45, 7) is 6.62. The van der Waals surface area contributed by atoms with Crippen LogP contribution in [0.5, 0.6) is 11.5 Å². The van der Waals surface area contributed by atoms with Crippen molar-refractivity contribution in [1.29, 1.82) is 0 Å². The Kier molecular flexibility index (Phi) is 7.01. The smallest absolute Gasteiger partial charge is 0.170 e. The van der Waals surface area contributed by atoms with E-state index in [1.165, 1.54) is 0 Å². The maximum atomic E-state index is 5.51. The molecule has 164 valence electrons. The van der Waals surface area contributed by atoms with Gasteiger partial charge in [-0.25, -0.2) is 4.98 Å². The highest BCUT2D eigenvalue weighted by Gasteiger charge is 2.18. The van der Waals surface area contributed by atoms with Crippen LogP contribution in [0.2, 0.25) is 0 Å². The molecule has 1 N–H and O–H groups in total. The predicted octanol–water partition coefficient (Wildman–Crippen LogP) is 2.67. The molecular weight excluding hydrogens is 394 g/mol. The number of para-hydroxylation sites is 1. The van der Waals surface area contributed by atoms with Crippen LogP contribution in [0.15, 0.2) is 53.2 Å². The molecule has 8 heteroatoms. The Bertz CT molecular complexity index is 955. The van der Waals surface area contributed by atoms with E-state index in [0.29, 0.717) is 18.0 Å². The van der Waals surface area contributed by atoms with Gasteiger partial charge in [-0.2, -0.15) is 0 Å². The first-order chi connectivity index (χ1) is 15.3. The molecule has 4 rings (SSSR count). The third-order valence-electron chi connectivity index (χ3n) is 5.49. The van der Waals surface area contributed by atoms with E-state index in [4.69, 9.17) is 14.0 Å². The monoisotopic (exact) mass is 423 g/mol. The van der Waals surface area contributed by atoms with Crippen molar-refractivity contribution in [2.45, 2.75) is 6.54 Å². The van der Waals surface area contributed by atoms with Gasteiger partial charge in [-0.15, -0.1) is 0 Å². The van der Waals surface area contributed by atoms with Crippen molar-refractivity contribution in [3.8, 4) is 22.8 Å². The minimum Gasteiger partial charge on any atom is -0.493 e. The van der Waals surface area contributed by atoms with Crippen molar-refractivity contribution < 1.29 is 14.0 Å². The normalized spacial score (nSPS) is 14.6. The van der Waals surface area contributed by atoms with Crippen LogP contribution < -0.4 is 19.7 Å². The minimum absolute atomic E-state index is 0.632. The van der Waals surface area contributed by atoms with Crippen molar-refractivity contribution in [2.75, 3.05) is 58.4 Å². The molecule has 0 aliphatic carbocycles. The number of benzene rings is 1. The molecule has 2 aromatic heterocycles. The fourth-order valence-corrected chi connectivity index (χ4v) is 3.80. The Morgan fingerprint density at radius 2 is 1.90 bits per heavy atom. The number of piperazine rings is 1. The molecule has 31 heavy (non-hydrogen) atoms. The average Bonchev–Trinajstić information content (AvgIpc) is 3.31. The van der Waals surface area contributed by atoms with E-state index in [2.05, 4.69) is 31.3 Å². The van der Waals surface area contributed by atoms with Crippen molar-refractivity contribution in [1.82, 2.24) is 20.4 Å². The van der Waals surface area contributed by atoms with Crippen LogP contribution in [0.1, 0.15) is 5.76 Å². The molecule has 1 saturated heterocycles. The molecule has 0 amide bonds. The summed E-state index contributed by atoms with van der Waals surface area (Å²) in [4.78, 5) is 9.26. The summed E-state index contributed by atoms with van der Waals surface area (Å²) in [5.74, 6) is 3.18. The van der Waals surface area contributed by atoms with Crippen LogP contribution in [-0.2, 0) is 6.54 Å². The molecule has 0 radical (unpaired) electrons. The van der Waals surface area contributed by atoms with Gasteiger partial charge in [0.15, 0.2) is 17.3 Å². The number of nitrogens with one attached hydrogen (secondary N) is 1. The number of ether oxygens (including phenoxy) is 2. The number of rotatable bonds is 9. The van der Waals surface area contributed by atoms with E-state index >= 15 is 0 Å². The Morgan fingerprint density at radius 1 is 1.03 bits per heavy atom. The van der Waals surface area contributed by atoms with E-state index in [-0.39, 0.29) is 0 Å². The number of aromatic nitrogens is 2. The molecule has 3 heterocycles. The zero-order chi connectivity index (χ0) is 21.5. The van der Waals surface area contributed by atoms with Gasteiger partial charge in [0.25, 0.3) is 0 Å². The third-order valence-corrected chi connectivity index (χ3v) is 5.49. The fourth-order valence-electron chi connectivity index (χ4n) is 3.80. The lowest BCUT2D eigenvalue weighted by Gasteiger charge is -2.35. The fraction of sp³-hybridized carbons (Fsp3) is 0.391. The van der Waals surface area contributed by atoms with E-state index < -0.39 is 0 Å². The highest BCUT2D eigenvalue weighted by Crippen LogP contribution is 2.37. The van der Waals surface area contributed by atoms with Gasteiger partial charge >= 0.3 is 0 Å². The van der Waals surface area contributed by atoms with Gasteiger partial charge in [0, 0.05) is 57.1 Å². The van der Waals surface area contributed by atoms with Gasteiger partial charge in [0.2, 0.25) is 0 Å². The van der Waals surface area contributed by atoms with Gasteiger partial charge in [0.05, 0.1) is 20.8 Å². The third kappa shape index (κ3) is 5.15. The summed E-state index contributed by atoms with van der Waals surface area (Å²) < 4.78 is 16.4. The van der Waals surface area contributed by atoms with Crippen LogP contribution in [-0.4, -0.2) is 68.5 Å². The molecular formula is C23H29N5O3. The van der Waals surface area contributed by atoms with Crippen LogP contribution >= 0.6 is 0 Å². The van der Waals surface area contributed by atoms with Crippen molar-refractivity contribution in [3.63, 3.8) is 0 Å². The maximum absolute atomic E-state index is 5.51. The summed E-state index contributed by atoms with van der Waals surface area (Å²) in [5, 5.41) is 7.65. The Hall–Kier alpha value is -3.10. The predicted molar refractivity (Wildman–Crippen MR) is 120 cm³/mol. The molecule has 0 saturated carbocycles. The Labute approximate surface area is 182 Å². The van der Waals surface area contributed by atoms with Crippen molar-refractivity contribution >= 4 is 5.82 Å². The van der Waals surface area contributed by atoms with Crippen LogP contribution in [0.3, 0.4) is 0 Å². The molecule has 8 nitrogen and oxygen atoms in total. The lowest BCUT2D eigenvalue weighted by Crippen LogP contribution is -2.48. The summed E-state index contributed by atoms with van der Waals surface area (Å²) in [6, 6.07) is 13.7. The first kappa shape index (κ1) is 21.1. The summed E-state index contributed by atoms with van der Waals surface area (Å²) >= 11 is 0. The van der Waals surface area contributed by atoms with Crippen molar-refractivity contribution in [2.24, 2.45) is 0 Å². The van der Waals surface area contributed by atoms with Gasteiger partial charge < -0.3 is 24.2 Å². The second-order valence-corrected chi connectivity index (χ2v) is 7.41. The number of pyridine rings is 1. The topological polar surface area (TPSA) is 75.9 Å². The molecule has 1 fully saturated rings. The highest BCUT2D eigenvalue weighted by atomic mass is 16.5. The van der Waals surface area contributed by atoms with Gasteiger partial charge in [-0.3, -0.25) is 4.90 Å². The summed E-state index contributed by atoms with van der Waals surface area (Å²) in [7, 11) is 3.25. The zero-order valence-electron chi connectivity index (χ0n) is 18.1. The Morgan fingerprint density at radius 3 is 2.65 bits per heavy atom. The number of hydrogen-bond acceptors (Lipinski definition) is 8. The minimum atomic E-state index is 0.632. The van der Waals surface area contributed by atoms with Crippen LogP contribution in [0.4, 0.5) is 5.82 Å². The van der Waals surface area contributed by atoms with Crippen molar-refractivity contribution in [3.05, 3.63) is 54.4 Å². The molecule has 0 bridgehead atoms. The molecule has 0 spiro atoms. The van der Waals surface area contributed by atoms with Crippen LogP contribution in [0.25, 0.3) is 11.3 Å². The summed E-state index contributed by atoms with van der Waals surface area (Å²) in [6.07, 6.45) is 1.85. The zero-order valence-corrected chi connectivity index (χ0v) is 18.1. The molecule has 1 aliphatic heterocycles. The number of anilines is 1. The standard InChI is InChI=1S/C23H29N5O3/c1-29-21-7-5-6-19(23(21)30-2)20-16-18(31-26-20)17-24-10-11-27-12-14-28(15-13-27)22-8-3-4-9-25-22/h3-9,16,24H,10-15,17H2,1-2H3. The number of methoxy groups -OCH3 is 2. The van der Waals surface area contributed by atoms with Crippen LogP contribution in [0, 0.1) is 0 Å². The van der Waals surface area contributed by atoms with Gasteiger partial charge in [0.1, 0.15) is 11.5 Å². The quantitative estimate of drug-likeness (QED) is 0.527. The molecule has 3 aromatic rings. The second kappa shape index (κ2) is 10.3. The largest absolute Gasteiger partial charge is 0.493 e. The molecule has 0 atom stereocenters. The molecule has 1 aromatic carbocycles. The lowest BCUT2D eigenvalue weighted by atomic mass is 10.1. The average molecular weight is 424 g/mol. The summed E-state index contributed by atoms with van der Waals surface area (Å²) in [5.41, 5.74) is 1.58. The lowest BCUT2D eigenvalue weighted by molar-refractivity contribution is 0.255. The van der Waals surface area contributed by atoms with E-state index in [1.54, 1.807) is 14.2 Å². The van der Waals surface area contributed by atoms with Gasteiger partial charge in [-0.1, -0.05) is 17.3 Å². The first-order valence-electron chi connectivity index (χ1n) is 10.5. The number of hydrogen-bond donors (Lipinski definition) is 1. The maximum Gasteiger partial charge on any atom is 0.170 e. The second-order valence-electron chi connectivity index (χ2n) is 7.41. The first-order valence-corrected chi connectivity index (χ1v) is 10.5. The van der Waals surface area contributed by atoms with E-state index in [1.807, 2.05) is 42.6 Å².